The fourth-order valence-electron chi connectivity index (χ4n) is 2.96. The second-order valence-electron chi connectivity index (χ2n) is 6.58. The van der Waals surface area contributed by atoms with Crippen LogP contribution in [0, 0.1) is 0 Å². The second kappa shape index (κ2) is 10.6. The number of hydrogen-bond donors (Lipinski definition) is 2. The number of anilines is 1. The van der Waals surface area contributed by atoms with Crippen LogP contribution in [0.4, 0.5) is 19.0 Å². The maximum Gasteiger partial charge on any atom is 0.434 e. The monoisotopic (exact) mass is 442 g/mol. The Morgan fingerprint density at radius 3 is 2.80 bits per heavy atom. The van der Waals surface area contributed by atoms with Gasteiger partial charge >= 0.3 is 6.18 Å². The number of nitrogens with zero attached hydrogens (tertiary/aromatic N) is 4. The summed E-state index contributed by atoms with van der Waals surface area (Å²) in [5, 5.41) is 7.80. The van der Waals surface area contributed by atoms with Gasteiger partial charge in [0.2, 0.25) is 0 Å². The normalized spacial score (nSPS) is 15.3. The predicted octanol–water partition coefficient (Wildman–Crippen LogP) is 2.69. The summed E-state index contributed by atoms with van der Waals surface area (Å²) < 4.78 is 43.4. The lowest BCUT2D eigenvalue weighted by Gasteiger charge is -2.29. The first-order valence-corrected chi connectivity index (χ1v) is 10.7. The number of aliphatic imine (C=N–C) groups is 1. The molecule has 2 aromatic heterocycles. The largest absolute Gasteiger partial charge is 0.434 e. The summed E-state index contributed by atoms with van der Waals surface area (Å²) in [6, 6.07) is 3.88. The van der Waals surface area contributed by atoms with Crippen LogP contribution in [0.25, 0.3) is 0 Å². The standard InChI is InChI=1S/C19H25F3N6OS/c1-2-23-18(25-7-5-16-27-15(13-30-16)19(20,21)22)26-12-14-4-3-6-24-17(14)28-8-10-29-11-9-28/h3-4,6,13H,2,5,7-12H2,1H3,(H2,23,25,26). The molecule has 0 bridgehead atoms. The van der Waals surface area contributed by atoms with Gasteiger partial charge in [0.1, 0.15) is 5.82 Å². The van der Waals surface area contributed by atoms with E-state index in [1.165, 1.54) is 0 Å². The molecular weight excluding hydrogens is 417 g/mol. The number of hydrogen-bond acceptors (Lipinski definition) is 6. The van der Waals surface area contributed by atoms with Gasteiger partial charge in [-0.05, 0) is 13.0 Å². The van der Waals surface area contributed by atoms with Gasteiger partial charge in [0.15, 0.2) is 11.7 Å². The highest BCUT2D eigenvalue weighted by molar-refractivity contribution is 7.09. The number of aromatic nitrogens is 2. The molecule has 3 heterocycles. The average molecular weight is 443 g/mol. The third kappa shape index (κ3) is 6.30. The molecule has 7 nitrogen and oxygen atoms in total. The maximum atomic E-state index is 12.7. The summed E-state index contributed by atoms with van der Waals surface area (Å²) in [4.78, 5) is 15.0. The first-order chi connectivity index (χ1) is 14.5. The number of halogens is 3. The van der Waals surface area contributed by atoms with Crippen molar-refractivity contribution in [3.05, 3.63) is 40.0 Å². The SMILES string of the molecule is CCNC(=NCc1cccnc1N1CCOCC1)NCCc1nc(C(F)(F)F)cs1. The van der Waals surface area contributed by atoms with Crippen molar-refractivity contribution in [3.63, 3.8) is 0 Å². The van der Waals surface area contributed by atoms with Gasteiger partial charge in [-0.3, -0.25) is 0 Å². The molecule has 0 unspecified atom stereocenters. The molecule has 1 aliphatic heterocycles. The molecule has 0 aromatic carbocycles. The van der Waals surface area contributed by atoms with Crippen LogP contribution >= 0.6 is 11.3 Å². The zero-order valence-electron chi connectivity index (χ0n) is 16.7. The smallest absolute Gasteiger partial charge is 0.378 e. The molecular formula is C19H25F3N6OS. The Morgan fingerprint density at radius 2 is 2.10 bits per heavy atom. The van der Waals surface area contributed by atoms with Gasteiger partial charge in [-0.2, -0.15) is 13.2 Å². The van der Waals surface area contributed by atoms with Crippen LogP contribution in [-0.4, -0.2) is 55.3 Å². The van der Waals surface area contributed by atoms with Crippen molar-refractivity contribution in [2.45, 2.75) is 26.1 Å². The Balaban J connectivity index is 1.59. The molecule has 0 spiro atoms. The first kappa shape index (κ1) is 22.3. The fourth-order valence-corrected chi connectivity index (χ4v) is 3.77. The lowest BCUT2D eigenvalue weighted by Crippen LogP contribution is -2.38. The Hall–Kier alpha value is -2.40. The van der Waals surface area contributed by atoms with Gasteiger partial charge in [-0.15, -0.1) is 11.3 Å². The van der Waals surface area contributed by atoms with Crippen LogP contribution in [0.5, 0.6) is 0 Å². The van der Waals surface area contributed by atoms with E-state index in [0.717, 1.165) is 41.2 Å². The van der Waals surface area contributed by atoms with Gasteiger partial charge in [0.05, 0.1) is 24.8 Å². The molecule has 30 heavy (non-hydrogen) atoms. The van der Waals surface area contributed by atoms with Crippen molar-refractivity contribution >= 4 is 23.1 Å². The summed E-state index contributed by atoms with van der Waals surface area (Å²) >= 11 is 1.01. The lowest BCUT2D eigenvalue weighted by atomic mass is 10.2. The highest BCUT2D eigenvalue weighted by atomic mass is 32.1. The molecule has 11 heteroatoms. The molecule has 1 saturated heterocycles. The third-order valence-electron chi connectivity index (χ3n) is 4.40. The molecule has 0 aliphatic carbocycles. The lowest BCUT2D eigenvalue weighted by molar-refractivity contribution is -0.140. The van der Waals surface area contributed by atoms with Crippen LogP contribution < -0.4 is 15.5 Å². The van der Waals surface area contributed by atoms with Gasteiger partial charge in [0.25, 0.3) is 0 Å². The minimum Gasteiger partial charge on any atom is -0.378 e. The van der Waals surface area contributed by atoms with E-state index in [4.69, 9.17) is 4.74 Å². The zero-order valence-corrected chi connectivity index (χ0v) is 17.5. The van der Waals surface area contributed by atoms with Gasteiger partial charge in [-0.1, -0.05) is 6.07 Å². The van der Waals surface area contributed by atoms with Gasteiger partial charge in [-0.25, -0.2) is 15.0 Å². The highest BCUT2D eigenvalue weighted by Gasteiger charge is 2.33. The van der Waals surface area contributed by atoms with Crippen LogP contribution in [0.3, 0.4) is 0 Å². The maximum absolute atomic E-state index is 12.7. The van der Waals surface area contributed by atoms with E-state index in [-0.39, 0.29) is 0 Å². The fraction of sp³-hybridized carbons (Fsp3) is 0.526. The molecule has 2 N–H and O–H groups in total. The average Bonchev–Trinajstić information content (AvgIpc) is 3.22. The number of morpholine rings is 1. The quantitative estimate of drug-likeness (QED) is 0.507. The molecule has 0 amide bonds. The number of ether oxygens (including phenoxy) is 1. The summed E-state index contributed by atoms with van der Waals surface area (Å²) in [6.45, 7) is 6.43. The van der Waals surface area contributed by atoms with Crippen molar-refractivity contribution < 1.29 is 17.9 Å². The molecule has 0 radical (unpaired) electrons. The minimum atomic E-state index is -4.40. The summed E-state index contributed by atoms with van der Waals surface area (Å²) in [5.74, 6) is 1.50. The number of thiazole rings is 1. The van der Waals surface area contributed by atoms with Gasteiger partial charge < -0.3 is 20.3 Å². The van der Waals surface area contributed by atoms with Crippen molar-refractivity contribution in [3.8, 4) is 0 Å². The van der Waals surface area contributed by atoms with E-state index in [1.54, 1.807) is 6.20 Å². The molecule has 0 saturated carbocycles. The summed E-state index contributed by atoms with van der Waals surface area (Å²) in [5.41, 5.74) is 0.168. The zero-order chi connectivity index (χ0) is 21.4. The molecule has 164 valence electrons. The van der Waals surface area contributed by atoms with E-state index in [1.807, 2.05) is 19.1 Å². The van der Waals surface area contributed by atoms with Crippen molar-refractivity contribution in [1.82, 2.24) is 20.6 Å². The number of nitrogens with one attached hydrogen (secondary N) is 2. The van der Waals surface area contributed by atoms with Crippen LogP contribution in [0.2, 0.25) is 0 Å². The van der Waals surface area contributed by atoms with E-state index in [9.17, 15) is 13.2 Å². The van der Waals surface area contributed by atoms with E-state index < -0.39 is 11.9 Å². The van der Waals surface area contributed by atoms with Gasteiger partial charge in [0, 0.05) is 49.7 Å². The highest BCUT2D eigenvalue weighted by Crippen LogP contribution is 2.30. The van der Waals surface area contributed by atoms with Crippen LogP contribution in [0.1, 0.15) is 23.2 Å². The third-order valence-corrected chi connectivity index (χ3v) is 5.31. The van der Waals surface area contributed by atoms with Crippen molar-refractivity contribution in [1.29, 1.82) is 0 Å². The summed E-state index contributed by atoms with van der Waals surface area (Å²) in [7, 11) is 0. The predicted molar refractivity (Wildman–Crippen MR) is 111 cm³/mol. The topological polar surface area (TPSA) is 74.7 Å². The number of guanidine groups is 1. The summed E-state index contributed by atoms with van der Waals surface area (Å²) in [6.07, 6.45) is -2.25. The Labute approximate surface area is 177 Å². The molecule has 0 atom stereocenters. The van der Waals surface area contributed by atoms with E-state index in [2.05, 4.69) is 30.5 Å². The van der Waals surface area contributed by atoms with Crippen molar-refractivity contribution in [2.75, 3.05) is 44.3 Å². The van der Waals surface area contributed by atoms with E-state index >= 15 is 0 Å². The Kier molecular flexibility index (Phi) is 7.86. The second-order valence-corrected chi connectivity index (χ2v) is 7.52. The van der Waals surface area contributed by atoms with Crippen molar-refractivity contribution in [2.24, 2.45) is 4.99 Å². The number of rotatable bonds is 7. The van der Waals surface area contributed by atoms with Crippen LogP contribution in [-0.2, 0) is 23.9 Å². The number of pyridine rings is 1. The molecule has 1 fully saturated rings. The minimum absolute atomic E-state index is 0.386. The molecule has 2 aromatic rings. The Bertz CT molecular complexity index is 836. The molecule has 1 aliphatic rings. The van der Waals surface area contributed by atoms with E-state index in [0.29, 0.717) is 50.2 Å². The number of alkyl halides is 3. The molecule has 3 rings (SSSR count). The van der Waals surface area contributed by atoms with Crippen LogP contribution in [0.15, 0.2) is 28.7 Å². The Morgan fingerprint density at radius 1 is 1.30 bits per heavy atom. The first-order valence-electron chi connectivity index (χ1n) is 9.77.